The lowest BCUT2D eigenvalue weighted by Crippen LogP contribution is -1.80. The van der Waals surface area contributed by atoms with Crippen molar-refractivity contribution in [2.75, 3.05) is 0 Å². The molecule has 0 fully saturated rings. The number of aldehydes is 1. The molecular weight excluding hydrogens is 270 g/mol. The molecule has 16 heavy (non-hydrogen) atoms. The Morgan fingerprint density at radius 2 is 2.12 bits per heavy atom. The molecule has 78 valence electrons. The van der Waals surface area contributed by atoms with Gasteiger partial charge in [0.2, 0.25) is 0 Å². The van der Waals surface area contributed by atoms with Crippen molar-refractivity contribution in [2.45, 2.75) is 0 Å². The maximum Gasteiger partial charge on any atom is 0.185 e. The summed E-state index contributed by atoms with van der Waals surface area (Å²) in [5, 5.41) is 8.73. The number of halogens is 1. The molecule has 3 nitrogen and oxygen atoms in total. The van der Waals surface area contributed by atoms with E-state index in [0.717, 1.165) is 10.0 Å². The van der Waals surface area contributed by atoms with Crippen molar-refractivity contribution in [3.8, 4) is 17.4 Å². The first-order chi connectivity index (χ1) is 7.74. The molecule has 0 atom stereocenters. The van der Waals surface area contributed by atoms with Gasteiger partial charge in [-0.15, -0.1) is 0 Å². The van der Waals surface area contributed by atoms with Crippen LogP contribution in [-0.2, 0) is 0 Å². The molecule has 0 bridgehead atoms. The molecule has 0 spiro atoms. The van der Waals surface area contributed by atoms with Gasteiger partial charge in [-0.3, -0.25) is 4.79 Å². The normalized spacial score (nSPS) is 9.75. The second-order valence-corrected chi connectivity index (χ2v) is 3.98. The Kier molecular flexibility index (Phi) is 2.88. The first-order valence-corrected chi connectivity index (χ1v) is 5.29. The van der Waals surface area contributed by atoms with E-state index < -0.39 is 0 Å². The largest absolute Gasteiger partial charge is 0.453 e. The highest BCUT2D eigenvalue weighted by Crippen LogP contribution is 2.30. The SMILES string of the molecule is N#Cc1ccc(-c2ccc(C=O)o2)c(Br)c1. The van der Waals surface area contributed by atoms with E-state index >= 15 is 0 Å². The molecule has 0 aliphatic carbocycles. The molecule has 0 saturated heterocycles. The Morgan fingerprint density at radius 3 is 2.69 bits per heavy atom. The van der Waals surface area contributed by atoms with Crippen molar-refractivity contribution in [1.29, 1.82) is 5.26 Å². The lowest BCUT2D eigenvalue weighted by molar-refractivity contribution is 0.110. The van der Waals surface area contributed by atoms with Crippen LogP contribution >= 0.6 is 15.9 Å². The van der Waals surface area contributed by atoms with Crippen LogP contribution < -0.4 is 0 Å². The van der Waals surface area contributed by atoms with Crippen molar-refractivity contribution >= 4 is 22.2 Å². The predicted octanol–water partition coefficient (Wildman–Crippen LogP) is 3.39. The third kappa shape index (κ3) is 1.90. The molecule has 0 amide bonds. The van der Waals surface area contributed by atoms with Crippen LogP contribution in [0.25, 0.3) is 11.3 Å². The number of hydrogen-bond donors (Lipinski definition) is 0. The second kappa shape index (κ2) is 4.33. The van der Waals surface area contributed by atoms with Crippen LogP contribution in [0.3, 0.4) is 0 Å². The third-order valence-electron chi connectivity index (χ3n) is 2.11. The van der Waals surface area contributed by atoms with E-state index in [1.807, 2.05) is 6.07 Å². The first-order valence-electron chi connectivity index (χ1n) is 4.49. The van der Waals surface area contributed by atoms with Gasteiger partial charge in [-0.1, -0.05) is 0 Å². The highest BCUT2D eigenvalue weighted by molar-refractivity contribution is 9.10. The van der Waals surface area contributed by atoms with Crippen LogP contribution in [0.15, 0.2) is 39.2 Å². The number of benzene rings is 1. The summed E-state index contributed by atoms with van der Waals surface area (Å²) < 4.78 is 6.05. The van der Waals surface area contributed by atoms with Gasteiger partial charge in [-0.05, 0) is 46.3 Å². The lowest BCUT2D eigenvalue weighted by Gasteiger charge is -2.00. The third-order valence-corrected chi connectivity index (χ3v) is 2.76. The Labute approximate surface area is 100 Å². The van der Waals surface area contributed by atoms with E-state index in [1.54, 1.807) is 30.3 Å². The minimum atomic E-state index is 0.284. The highest BCUT2D eigenvalue weighted by Gasteiger charge is 2.08. The minimum absolute atomic E-state index is 0.284. The Hall–Kier alpha value is -1.86. The van der Waals surface area contributed by atoms with Crippen LogP contribution in [0.4, 0.5) is 0 Å². The van der Waals surface area contributed by atoms with Gasteiger partial charge < -0.3 is 4.42 Å². The lowest BCUT2D eigenvalue weighted by atomic mass is 10.1. The molecular formula is C12H6BrNO2. The van der Waals surface area contributed by atoms with E-state index in [2.05, 4.69) is 15.9 Å². The summed E-state index contributed by atoms with van der Waals surface area (Å²) in [6, 6.07) is 10.5. The van der Waals surface area contributed by atoms with Crippen molar-refractivity contribution in [3.05, 3.63) is 46.1 Å². The van der Waals surface area contributed by atoms with Gasteiger partial charge in [0.15, 0.2) is 12.0 Å². The number of furan rings is 1. The maximum absolute atomic E-state index is 10.5. The number of nitriles is 1. The summed E-state index contributed by atoms with van der Waals surface area (Å²) in [7, 11) is 0. The summed E-state index contributed by atoms with van der Waals surface area (Å²) in [4.78, 5) is 10.5. The van der Waals surface area contributed by atoms with Crippen molar-refractivity contribution < 1.29 is 9.21 Å². The number of hydrogen-bond acceptors (Lipinski definition) is 3. The van der Waals surface area contributed by atoms with Crippen LogP contribution in [-0.4, -0.2) is 6.29 Å². The predicted molar refractivity (Wildman–Crippen MR) is 61.9 cm³/mol. The van der Waals surface area contributed by atoms with Crippen LogP contribution in [0, 0.1) is 11.3 Å². The zero-order valence-electron chi connectivity index (χ0n) is 8.11. The fraction of sp³-hybridized carbons (Fsp3) is 0. The minimum Gasteiger partial charge on any atom is -0.453 e. The Morgan fingerprint density at radius 1 is 1.31 bits per heavy atom. The molecule has 0 aliphatic rings. The van der Waals surface area contributed by atoms with Crippen molar-refractivity contribution in [1.82, 2.24) is 0 Å². The van der Waals surface area contributed by atoms with Crippen molar-refractivity contribution in [2.24, 2.45) is 0 Å². The standard InChI is InChI=1S/C12H6BrNO2/c13-11-5-8(6-14)1-3-10(11)12-4-2-9(7-15)16-12/h1-5,7H. The molecule has 2 aromatic rings. The molecule has 4 heteroatoms. The molecule has 0 aliphatic heterocycles. The fourth-order valence-corrected chi connectivity index (χ4v) is 1.92. The van der Waals surface area contributed by atoms with Crippen LogP contribution in [0.1, 0.15) is 16.1 Å². The van der Waals surface area contributed by atoms with E-state index in [-0.39, 0.29) is 5.76 Å². The molecule has 2 rings (SSSR count). The number of rotatable bonds is 2. The molecule has 0 N–H and O–H groups in total. The van der Waals surface area contributed by atoms with Crippen LogP contribution in [0.5, 0.6) is 0 Å². The van der Waals surface area contributed by atoms with Gasteiger partial charge in [-0.2, -0.15) is 5.26 Å². The van der Waals surface area contributed by atoms with Gasteiger partial charge >= 0.3 is 0 Å². The Balaban J connectivity index is 2.48. The van der Waals surface area contributed by atoms with Gasteiger partial charge in [0, 0.05) is 10.0 Å². The van der Waals surface area contributed by atoms with E-state index in [1.165, 1.54) is 0 Å². The monoisotopic (exact) mass is 275 g/mol. The molecule has 1 heterocycles. The topological polar surface area (TPSA) is 54.0 Å². The molecule has 1 aromatic carbocycles. The summed E-state index contributed by atoms with van der Waals surface area (Å²) >= 11 is 3.36. The van der Waals surface area contributed by atoms with Crippen molar-refractivity contribution in [3.63, 3.8) is 0 Å². The fourth-order valence-electron chi connectivity index (χ4n) is 1.35. The number of carbonyl (C=O) groups excluding carboxylic acids is 1. The van der Waals surface area contributed by atoms with Gasteiger partial charge in [0.25, 0.3) is 0 Å². The second-order valence-electron chi connectivity index (χ2n) is 3.13. The maximum atomic E-state index is 10.5. The zero-order chi connectivity index (χ0) is 11.5. The average molecular weight is 276 g/mol. The number of nitrogens with zero attached hydrogens (tertiary/aromatic N) is 1. The van der Waals surface area contributed by atoms with Gasteiger partial charge in [0.05, 0.1) is 11.6 Å². The summed E-state index contributed by atoms with van der Waals surface area (Å²) in [5.74, 6) is 0.879. The summed E-state index contributed by atoms with van der Waals surface area (Å²) in [6.07, 6.45) is 0.654. The first kappa shape index (κ1) is 10.7. The van der Waals surface area contributed by atoms with E-state index in [9.17, 15) is 4.79 Å². The molecule has 0 unspecified atom stereocenters. The van der Waals surface area contributed by atoms with E-state index in [0.29, 0.717) is 17.6 Å². The van der Waals surface area contributed by atoms with Crippen LogP contribution in [0.2, 0.25) is 0 Å². The Bertz CT molecular complexity index is 581. The summed E-state index contributed by atoms with van der Waals surface area (Å²) in [6.45, 7) is 0. The average Bonchev–Trinajstić information content (AvgIpc) is 2.77. The highest BCUT2D eigenvalue weighted by atomic mass is 79.9. The summed E-state index contributed by atoms with van der Waals surface area (Å²) in [5.41, 5.74) is 1.38. The van der Waals surface area contributed by atoms with Gasteiger partial charge in [0.1, 0.15) is 5.76 Å². The van der Waals surface area contributed by atoms with Gasteiger partial charge in [-0.25, -0.2) is 0 Å². The number of carbonyl (C=O) groups is 1. The smallest absolute Gasteiger partial charge is 0.185 e. The molecule has 0 saturated carbocycles. The quantitative estimate of drug-likeness (QED) is 0.790. The van der Waals surface area contributed by atoms with E-state index in [4.69, 9.17) is 9.68 Å². The molecule has 0 radical (unpaired) electrons. The molecule has 1 aromatic heterocycles. The zero-order valence-corrected chi connectivity index (χ0v) is 9.69.